The summed E-state index contributed by atoms with van der Waals surface area (Å²) in [5, 5.41) is 3.21. The van der Waals surface area contributed by atoms with Crippen molar-refractivity contribution in [3.05, 3.63) is 0 Å². The summed E-state index contributed by atoms with van der Waals surface area (Å²) < 4.78 is 0. The number of nitrogens with one attached hydrogen (secondary N) is 1. The Balaban J connectivity index is 3.27. The Kier molecular flexibility index (Phi) is 16.8. The largest absolute Gasteiger partial charge is 0.329 e. The lowest BCUT2D eigenvalue weighted by molar-refractivity contribution is 0.275. The molecule has 0 amide bonds. The van der Waals surface area contributed by atoms with Crippen molar-refractivity contribution in [2.24, 2.45) is 5.73 Å². The highest BCUT2D eigenvalue weighted by Gasteiger charge is 2.02. The average molecular weight is 286 g/mol. The van der Waals surface area contributed by atoms with E-state index in [1.165, 1.54) is 70.8 Å². The molecule has 0 rings (SSSR count). The standard InChI is InChI=1S/C17H39N3/c1-3-4-5-6-7-8-9-10-11-12-15-20(16-13-18)17-14-19-2/h19H,3-18H2,1-2H3. The van der Waals surface area contributed by atoms with Gasteiger partial charge in [-0.25, -0.2) is 0 Å². The van der Waals surface area contributed by atoms with Crippen molar-refractivity contribution in [3.63, 3.8) is 0 Å². The van der Waals surface area contributed by atoms with E-state index in [1.54, 1.807) is 0 Å². The molecular weight excluding hydrogens is 246 g/mol. The number of unbranched alkanes of at least 4 members (excludes halogenated alkanes) is 9. The van der Waals surface area contributed by atoms with Crippen molar-refractivity contribution in [1.82, 2.24) is 10.2 Å². The van der Waals surface area contributed by atoms with Crippen LogP contribution >= 0.6 is 0 Å². The van der Waals surface area contributed by atoms with Crippen molar-refractivity contribution in [2.45, 2.75) is 71.1 Å². The monoisotopic (exact) mass is 285 g/mol. The van der Waals surface area contributed by atoms with Gasteiger partial charge in [0.05, 0.1) is 0 Å². The fraction of sp³-hybridized carbons (Fsp3) is 1.00. The fourth-order valence-electron chi connectivity index (χ4n) is 2.61. The predicted molar refractivity (Wildman–Crippen MR) is 91.3 cm³/mol. The Morgan fingerprint density at radius 3 is 1.80 bits per heavy atom. The zero-order chi connectivity index (χ0) is 14.9. The third-order valence-corrected chi connectivity index (χ3v) is 3.95. The summed E-state index contributed by atoms with van der Waals surface area (Å²) in [5.74, 6) is 0. The number of hydrogen-bond acceptors (Lipinski definition) is 3. The van der Waals surface area contributed by atoms with Gasteiger partial charge in [0.2, 0.25) is 0 Å². The molecule has 0 unspecified atom stereocenters. The van der Waals surface area contributed by atoms with Crippen LogP contribution in [-0.2, 0) is 0 Å². The minimum Gasteiger partial charge on any atom is -0.329 e. The number of likely N-dealkylation sites (N-methyl/N-ethyl adjacent to an activating group) is 1. The average Bonchev–Trinajstić information content (AvgIpc) is 2.46. The van der Waals surface area contributed by atoms with Crippen LogP contribution in [0.1, 0.15) is 71.1 Å². The zero-order valence-corrected chi connectivity index (χ0v) is 14.1. The Hall–Kier alpha value is -0.120. The van der Waals surface area contributed by atoms with E-state index < -0.39 is 0 Å². The summed E-state index contributed by atoms with van der Waals surface area (Å²) in [4.78, 5) is 2.49. The highest BCUT2D eigenvalue weighted by Crippen LogP contribution is 2.10. The first-order valence-corrected chi connectivity index (χ1v) is 8.92. The maximum atomic E-state index is 5.66. The van der Waals surface area contributed by atoms with Gasteiger partial charge in [-0.3, -0.25) is 0 Å². The van der Waals surface area contributed by atoms with Crippen LogP contribution in [0.5, 0.6) is 0 Å². The maximum absolute atomic E-state index is 5.66. The van der Waals surface area contributed by atoms with E-state index in [2.05, 4.69) is 17.1 Å². The van der Waals surface area contributed by atoms with Crippen LogP contribution in [0, 0.1) is 0 Å². The quantitative estimate of drug-likeness (QED) is 0.427. The van der Waals surface area contributed by atoms with Crippen molar-refractivity contribution in [3.8, 4) is 0 Å². The molecule has 0 bridgehead atoms. The van der Waals surface area contributed by atoms with Gasteiger partial charge in [-0.05, 0) is 20.0 Å². The van der Waals surface area contributed by atoms with Gasteiger partial charge in [-0.2, -0.15) is 0 Å². The van der Waals surface area contributed by atoms with E-state index in [0.717, 1.165) is 26.2 Å². The Morgan fingerprint density at radius 1 is 0.750 bits per heavy atom. The highest BCUT2D eigenvalue weighted by atomic mass is 15.1. The topological polar surface area (TPSA) is 41.3 Å². The lowest BCUT2D eigenvalue weighted by Crippen LogP contribution is -2.35. The minimum atomic E-state index is 0.779. The van der Waals surface area contributed by atoms with Crippen LogP contribution < -0.4 is 11.1 Å². The lowest BCUT2D eigenvalue weighted by Gasteiger charge is -2.21. The Morgan fingerprint density at radius 2 is 1.30 bits per heavy atom. The molecule has 3 N–H and O–H groups in total. The van der Waals surface area contributed by atoms with Crippen molar-refractivity contribution < 1.29 is 0 Å². The molecule has 0 aromatic heterocycles. The van der Waals surface area contributed by atoms with Crippen LogP contribution in [0.4, 0.5) is 0 Å². The molecule has 0 atom stereocenters. The van der Waals surface area contributed by atoms with Gasteiger partial charge in [-0.15, -0.1) is 0 Å². The summed E-state index contributed by atoms with van der Waals surface area (Å²) in [5.41, 5.74) is 5.66. The molecule has 0 fully saturated rings. The number of nitrogens with two attached hydrogens (primary N) is 1. The Bertz CT molecular complexity index is 174. The predicted octanol–water partition coefficient (Wildman–Crippen LogP) is 3.39. The molecule has 0 aliphatic heterocycles. The molecule has 20 heavy (non-hydrogen) atoms. The molecule has 3 heteroatoms. The summed E-state index contributed by atoms with van der Waals surface area (Å²) in [7, 11) is 2.02. The SMILES string of the molecule is CCCCCCCCCCCCN(CCN)CCNC. The van der Waals surface area contributed by atoms with Crippen LogP contribution in [-0.4, -0.2) is 44.7 Å². The van der Waals surface area contributed by atoms with Gasteiger partial charge in [0.15, 0.2) is 0 Å². The van der Waals surface area contributed by atoms with Crippen molar-refractivity contribution in [1.29, 1.82) is 0 Å². The molecule has 0 saturated carbocycles. The summed E-state index contributed by atoms with van der Waals surface area (Å²) in [6, 6.07) is 0. The van der Waals surface area contributed by atoms with Gasteiger partial charge >= 0.3 is 0 Å². The van der Waals surface area contributed by atoms with Gasteiger partial charge in [0.25, 0.3) is 0 Å². The van der Waals surface area contributed by atoms with E-state index in [9.17, 15) is 0 Å². The molecule has 0 aliphatic carbocycles. The van der Waals surface area contributed by atoms with Crippen LogP contribution in [0.15, 0.2) is 0 Å². The Labute approximate surface area is 127 Å². The number of nitrogens with zero attached hydrogens (tertiary/aromatic N) is 1. The molecule has 0 aliphatic rings. The maximum Gasteiger partial charge on any atom is 0.0107 e. The fourth-order valence-corrected chi connectivity index (χ4v) is 2.61. The van der Waals surface area contributed by atoms with Crippen LogP contribution in [0.3, 0.4) is 0 Å². The first kappa shape index (κ1) is 19.9. The second-order valence-corrected chi connectivity index (χ2v) is 5.92. The molecule has 0 heterocycles. The molecule has 0 aromatic rings. The van der Waals surface area contributed by atoms with Crippen LogP contribution in [0.2, 0.25) is 0 Å². The second-order valence-electron chi connectivity index (χ2n) is 5.92. The molecule has 122 valence electrons. The molecule has 3 nitrogen and oxygen atoms in total. The third kappa shape index (κ3) is 14.3. The van der Waals surface area contributed by atoms with E-state index in [-0.39, 0.29) is 0 Å². The first-order chi connectivity index (χ1) is 9.85. The van der Waals surface area contributed by atoms with E-state index in [1.807, 2.05) is 7.05 Å². The lowest BCUT2D eigenvalue weighted by atomic mass is 10.1. The molecule has 0 radical (unpaired) electrons. The molecule has 0 aromatic carbocycles. The molecular formula is C17H39N3. The van der Waals surface area contributed by atoms with Crippen molar-refractivity contribution >= 4 is 0 Å². The smallest absolute Gasteiger partial charge is 0.0107 e. The molecule has 0 spiro atoms. The highest BCUT2D eigenvalue weighted by molar-refractivity contribution is 4.60. The molecule has 0 saturated heterocycles. The summed E-state index contributed by atoms with van der Waals surface area (Å²) in [6.07, 6.45) is 14.1. The summed E-state index contributed by atoms with van der Waals surface area (Å²) >= 11 is 0. The van der Waals surface area contributed by atoms with Crippen LogP contribution in [0.25, 0.3) is 0 Å². The summed E-state index contributed by atoms with van der Waals surface area (Å²) in [6.45, 7) is 7.52. The van der Waals surface area contributed by atoms with Gasteiger partial charge in [0, 0.05) is 26.2 Å². The minimum absolute atomic E-state index is 0.779. The second kappa shape index (κ2) is 16.9. The van der Waals surface area contributed by atoms with E-state index >= 15 is 0 Å². The first-order valence-electron chi connectivity index (χ1n) is 8.92. The normalized spacial score (nSPS) is 11.4. The van der Waals surface area contributed by atoms with Crippen molar-refractivity contribution in [2.75, 3.05) is 39.8 Å². The third-order valence-electron chi connectivity index (χ3n) is 3.95. The van der Waals surface area contributed by atoms with Gasteiger partial charge < -0.3 is 16.0 Å². The zero-order valence-electron chi connectivity index (χ0n) is 14.1. The number of hydrogen-bond donors (Lipinski definition) is 2. The van der Waals surface area contributed by atoms with Gasteiger partial charge in [0.1, 0.15) is 0 Å². The number of rotatable bonds is 16. The van der Waals surface area contributed by atoms with E-state index in [4.69, 9.17) is 5.73 Å². The van der Waals surface area contributed by atoms with Gasteiger partial charge in [-0.1, -0.05) is 64.7 Å². The van der Waals surface area contributed by atoms with E-state index in [0.29, 0.717) is 0 Å².